The molecule has 0 radical (unpaired) electrons. The number of rotatable bonds is 11. The van der Waals surface area contributed by atoms with Gasteiger partial charge in [-0.3, -0.25) is 9.36 Å². The summed E-state index contributed by atoms with van der Waals surface area (Å²) in [4.78, 5) is 31.8. The van der Waals surface area contributed by atoms with Crippen LogP contribution in [0.1, 0.15) is 36.6 Å². The number of hydrogen-bond acceptors (Lipinski definition) is 9. The van der Waals surface area contributed by atoms with E-state index in [1.54, 1.807) is 48.5 Å². The minimum Gasteiger partial charge on any atom is -0.493 e. The standard InChI is InChI=1S/C33H29BrCl2N2O7S/c1-5-43-25-10-8-19(12-27(25)44-6-2)30-21(32(40)42-4)16-37-33-38(30)31(39)29(46-33)14-20-13-26(41-3)28(15-22(20)34)45-17-18-7-9-23(35)24(36)11-18/h7-16,30H,5-6,17H2,1-4H3/b29-14-/t30-/m0/s1. The van der Waals surface area contributed by atoms with Crippen LogP contribution < -0.4 is 33.8 Å². The minimum atomic E-state index is -0.809. The van der Waals surface area contributed by atoms with Gasteiger partial charge in [-0.25, -0.2) is 9.79 Å². The summed E-state index contributed by atoms with van der Waals surface area (Å²) in [6, 6.07) is 13.3. The first-order valence-electron chi connectivity index (χ1n) is 14.1. The maximum absolute atomic E-state index is 14.0. The first-order chi connectivity index (χ1) is 22.2. The lowest BCUT2D eigenvalue weighted by Gasteiger charge is -2.23. The molecular formula is C33H29BrCl2N2O7S. The predicted octanol–water partition coefficient (Wildman–Crippen LogP) is 6.47. The highest BCUT2D eigenvalue weighted by Gasteiger charge is 2.31. The summed E-state index contributed by atoms with van der Waals surface area (Å²) in [6.45, 7) is 4.84. The maximum Gasteiger partial charge on any atom is 0.337 e. The summed E-state index contributed by atoms with van der Waals surface area (Å²) in [5, 5.41) is 0.897. The van der Waals surface area contributed by atoms with E-state index in [0.29, 0.717) is 71.2 Å². The Hall–Kier alpha value is -3.77. The number of fused-ring (bicyclic) bond motifs is 1. The molecule has 0 N–H and O–H groups in total. The predicted molar refractivity (Wildman–Crippen MR) is 181 cm³/mol. The normalized spacial score (nSPS) is 14.2. The zero-order chi connectivity index (χ0) is 33.0. The Bertz CT molecular complexity index is 2010. The molecule has 1 aliphatic heterocycles. The van der Waals surface area contributed by atoms with Crippen molar-refractivity contribution in [1.82, 2.24) is 4.57 Å². The third-order valence-electron chi connectivity index (χ3n) is 6.96. The molecular weight excluding hydrogens is 719 g/mol. The van der Waals surface area contributed by atoms with Crippen LogP contribution in [0.2, 0.25) is 10.0 Å². The SMILES string of the molecule is CCOc1ccc([C@H]2C(C(=O)OC)=CN=c3s/c(=C\c4cc(OC)c(OCc5ccc(Cl)c(Cl)c5)cc4Br)c(=O)n32)cc1OCC. The molecule has 1 atom stereocenters. The second kappa shape index (κ2) is 14.8. The monoisotopic (exact) mass is 746 g/mol. The van der Waals surface area contributed by atoms with Crippen molar-refractivity contribution in [3.05, 3.63) is 111 Å². The fourth-order valence-corrected chi connectivity index (χ4v) is 6.57. The number of aromatic nitrogens is 1. The number of esters is 1. The van der Waals surface area contributed by atoms with E-state index >= 15 is 0 Å². The maximum atomic E-state index is 14.0. The summed E-state index contributed by atoms with van der Waals surface area (Å²) in [5.74, 6) is 1.42. The second-order valence-electron chi connectivity index (χ2n) is 9.81. The number of benzene rings is 3. The molecule has 0 unspecified atom stereocenters. The molecule has 0 saturated carbocycles. The average Bonchev–Trinajstić information content (AvgIpc) is 3.37. The van der Waals surface area contributed by atoms with Crippen LogP contribution in [-0.2, 0) is 16.1 Å². The van der Waals surface area contributed by atoms with E-state index < -0.39 is 12.0 Å². The molecule has 3 aromatic carbocycles. The van der Waals surface area contributed by atoms with Crippen molar-refractivity contribution in [2.75, 3.05) is 27.4 Å². The Labute approximate surface area is 287 Å². The van der Waals surface area contributed by atoms with Crippen LogP contribution in [0, 0.1) is 0 Å². The van der Waals surface area contributed by atoms with Gasteiger partial charge in [0.15, 0.2) is 27.8 Å². The molecule has 240 valence electrons. The lowest BCUT2D eigenvalue weighted by Crippen LogP contribution is -2.39. The topological polar surface area (TPSA) is 97.6 Å². The van der Waals surface area contributed by atoms with Gasteiger partial charge in [0, 0.05) is 10.7 Å². The Morgan fingerprint density at radius 3 is 2.39 bits per heavy atom. The number of methoxy groups -OCH3 is 2. The smallest absolute Gasteiger partial charge is 0.337 e. The first-order valence-corrected chi connectivity index (χ1v) is 16.5. The van der Waals surface area contributed by atoms with E-state index in [4.69, 9.17) is 46.9 Å². The molecule has 9 nitrogen and oxygen atoms in total. The third-order valence-corrected chi connectivity index (χ3v) is 9.38. The molecule has 1 aromatic heterocycles. The number of carbonyl (C=O) groups excluding carboxylic acids is 1. The summed E-state index contributed by atoms with van der Waals surface area (Å²) in [6.07, 6.45) is 3.18. The molecule has 0 saturated heterocycles. The molecule has 2 heterocycles. The van der Waals surface area contributed by atoms with Gasteiger partial charge in [-0.1, -0.05) is 62.6 Å². The van der Waals surface area contributed by atoms with E-state index in [-0.39, 0.29) is 17.7 Å². The second-order valence-corrected chi connectivity index (χ2v) is 12.5. The fraction of sp³-hybridized carbons (Fsp3) is 0.242. The Morgan fingerprint density at radius 2 is 1.70 bits per heavy atom. The number of nitrogens with zero attached hydrogens (tertiary/aromatic N) is 2. The number of halogens is 3. The molecule has 0 fully saturated rings. The zero-order valence-corrected chi connectivity index (χ0v) is 29.2. The fourth-order valence-electron chi connectivity index (χ4n) is 4.85. The van der Waals surface area contributed by atoms with Gasteiger partial charge in [-0.05, 0) is 73.0 Å². The highest BCUT2D eigenvalue weighted by atomic mass is 79.9. The lowest BCUT2D eigenvalue weighted by molar-refractivity contribution is -0.136. The number of thiazole rings is 1. The van der Waals surface area contributed by atoms with E-state index in [9.17, 15) is 9.59 Å². The van der Waals surface area contributed by atoms with Crippen molar-refractivity contribution in [3.8, 4) is 23.0 Å². The van der Waals surface area contributed by atoms with Crippen LogP contribution in [0.3, 0.4) is 0 Å². The molecule has 46 heavy (non-hydrogen) atoms. The van der Waals surface area contributed by atoms with Crippen LogP contribution in [-0.4, -0.2) is 38.0 Å². The molecule has 4 aromatic rings. The van der Waals surface area contributed by atoms with Crippen molar-refractivity contribution < 1.29 is 28.5 Å². The number of hydrogen-bond donors (Lipinski definition) is 0. The van der Waals surface area contributed by atoms with Crippen molar-refractivity contribution in [1.29, 1.82) is 0 Å². The molecule has 0 amide bonds. The lowest BCUT2D eigenvalue weighted by atomic mass is 9.97. The molecule has 5 rings (SSSR count). The largest absolute Gasteiger partial charge is 0.493 e. The van der Waals surface area contributed by atoms with E-state index in [0.717, 1.165) is 5.56 Å². The van der Waals surface area contributed by atoms with Crippen LogP contribution in [0.15, 0.2) is 74.6 Å². The van der Waals surface area contributed by atoms with Crippen LogP contribution >= 0.6 is 50.5 Å². The number of ether oxygens (including phenoxy) is 5. The first kappa shape index (κ1) is 33.6. The molecule has 0 aliphatic carbocycles. The summed E-state index contributed by atoms with van der Waals surface area (Å²) < 4.78 is 30.8. The van der Waals surface area contributed by atoms with Gasteiger partial charge in [0.1, 0.15) is 6.61 Å². The van der Waals surface area contributed by atoms with E-state index in [2.05, 4.69) is 20.9 Å². The summed E-state index contributed by atoms with van der Waals surface area (Å²) >= 11 is 17.0. The van der Waals surface area contributed by atoms with E-state index in [1.165, 1.54) is 36.3 Å². The highest BCUT2D eigenvalue weighted by Crippen LogP contribution is 2.36. The van der Waals surface area contributed by atoms with E-state index in [1.807, 2.05) is 19.9 Å². The Balaban J connectivity index is 1.55. The van der Waals surface area contributed by atoms with Crippen LogP contribution in [0.25, 0.3) is 6.08 Å². The Morgan fingerprint density at radius 1 is 0.957 bits per heavy atom. The zero-order valence-electron chi connectivity index (χ0n) is 25.3. The molecule has 1 aliphatic rings. The van der Waals surface area contributed by atoms with Crippen molar-refractivity contribution in [2.24, 2.45) is 4.99 Å². The Kier molecular flexibility index (Phi) is 10.8. The molecule has 0 spiro atoms. The highest BCUT2D eigenvalue weighted by molar-refractivity contribution is 9.10. The van der Waals surface area contributed by atoms with Gasteiger partial charge in [-0.2, -0.15) is 0 Å². The van der Waals surface area contributed by atoms with Gasteiger partial charge < -0.3 is 23.7 Å². The average molecular weight is 748 g/mol. The van der Waals surface area contributed by atoms with Crippen LogP contribution in [0.4, 0.5) is 0 Å². The molecule has 0 bridgehead atoms. The summed E-state index contributed by atoms with van der Waals surface area (Å²) in [5.41, 5.74) is 2.02. The van der Waals surface area contributed by atoms with Gasteiger partial charge in [-0.15, -0.1) is 0 Å². The molecule has 13 heteroatoms. The van der Waals surface area contributed by atoms with Crippen molar-refractivity contribution in [3.63, 3.8) is 0 Å². The number of carbonyl (C=O) groups is 1. The van der Waals surface area contributed by atoms with Gasteiger partial charge in [0.2, 0.25) is 0 Å². The van der Waals surface area contributed by atoms with Gasteiger partial charge in [0.25, 0.3) is 5.56 Å². The van der Waals surface area contributed by atoms with Gasteiger partial charge in [0.05, 0.1) is 53.6 Å². The van der Waals surface area contributed by atoms with Crippen LogP contribution in [0.5, 0.6) is 23.0 Å². The van der Waals surface area contributed by atoms with Gasteiger partial charge >= 0.3 is 5.97 Å². The quantitative estimate of drug-likeness (QED) is 0.162. The summed E-state index contributed by atoms with van der Waals surface area (Å²) in [7, 11) is 2.83. The van der Waals surface area contributed by atoms with Crippen molar-refractivity contribution >= 4 is 62.5 Å². The third kappa shape index (κ3) is 6.97. The van der Waals surface area contributed by atoms with Crippen molar-refractivity contribution in [2.45, 2.75) is 26.5 Å². The minimum absolute atomic E-state index is 0.208.